The van der Waals surface area contributed by atoms with Gasteiger partial charge in [-0.1, -0.05) is 49.4 Å². The zero-order valence-electron chi connectivity index (χ0n) is 18.4. The summed E-state index contributed by atoms with van der Waals surface area (Å²) in [5.41, 5.74) is 1.39. The van der Waals surface area contributed by atoms with Gasteiger partial charge in [-0.3, -0.25) is 4.79 Å². The number of aliphatic hydroxyl groups is 1. The first kappa shape index (κ1) is 23.4. The van der Waals surface area contributed by atoms with Crippen LogP contribution < -0.4 is 16.0 Å². The summed E-state index contributed by atoms with van der Waals surface area (Å²) in [7, 11) is 0. The highest BCUT2D eigenvalue weighted by Crippen LogP contribution is 2.18. The Kier molecular flexibility index (Phi) is 8.87. The SMILES string of the molecule is CCNC(=NCc1cccc(C(=O)NC(C)CC)c1)NCC(C)(O)c1ccccc1. The molecule has 2 unspecified atom stereocenters. The summed E-state index contributed by atoms with van der Waals surface area (Å²) >= 11 is 0. The van der Waals surface area contributed by atoms with Gasteiger partial charge in [-0.25, -0.2) is 4.99 Å². The van der Waals surface area contributed by atoms with Crippen LogP contribution in [0.2, 0.25) is 0 Å². The molecule has 0 aliphatic carbocycles. The van der Waals surface area contributed by atoms with Crippen LogP contribution in [0.3, 0.4) is 0 Å². The zero-order valence-corrected chi connectivity index (χ0v) is 18.4. The number of nitrogens with one attached hydrogen (secondary N) is 3. The molecular weight excluding hydrogens is 376 g/mol. The standard InChI is InChI=1S/C24H34N4O2/c1-5-18(3)28-22(29)20-12-10-11-19(15-20)16-26-23(25-6-2)27-17-24(4,30)21-13-8-7-9-14-21/h7-15,18,30H,5-6,16-17H2,1-4H3,(H,28,29)(H2,25,26,27). The van der Waals surface area contributed by atoms with Gasteiger partial charge in [0.2, 0.25) is 0 Å². The number of benzene rings is 2. The highest BCUT2D eigenvalue weighted by atomic mass is 16.3. The van der Waals surface area contributed by atoms with Gasteiger partial charge in [-0.2, -0.15) is 0 Å². The van der Waals surface area contributed by atoms with Crippen LogP contribution in [0.4, 0.5) is 0 Å². The minimum Gasteiger partial charge on any atom is -0.384 e. The zero-order chi connectivity index (χ0) is 22.0. The van der Waals surface area contributed by atoms with Gasteiger partial charge < -0.3 is 21.1 Å². The summed E-state index contributed by atoms with van der Waals surface area (Å²) in [5.74, 6) is 0.544. The molecule has 0 radical (unpaired) electrons. The maximum atomic E-state index is 12.4. The molecule has 0 spiro atoms. The van der Waals surface area contributed by atoms with Crippen molar-refractivity contribution < 1.29 is 9.90 Å². The van der Waals surface area contributed by atoms with Crippen LogP contribution in [0, 0.1) is 0 Å². The lowest BCUT2D eigenvalue weighted by Crippen LogP contribution is -2.44. The Balaban J connectivity index is 2.04. The smallest absolute Gasteiger partial charge is 0.251 e. The highest BCUT2D eigenvalue weighted by molar-refractivity contribution is 5.94. The van der Waals surface area contributed by atoms with Crippen LogP contribution in [-0.2, 0) is 12.1 Å². The van der Waals surface area contributed by atoms with Crippen LogP contribution in [0.15, 0.2) is 59.6 Å². The number of nitrogens with zero attached hydrogens (tertiary/aromatic N) is 1. The van der Waals surface area contributed by atoms with E-state index in [2.05, 4.69) is 20.9 Å². The third-order valence-corrected chi connectivity index (χ3v) is 4.94. The average molecular weight is 411 g/mol. The molecule has 0 saturated heterocycles. The monoisotopic (exact) mass is 410 g/mol. The summed E-state index contributed by atoms with van der Waals surface area (Å²) in [6.45, 7) is 9.25. The Morgan fingerprint density at radius 3 is 2.50 bits per heavy atom. The summed E-state index contributed by atoms with van der Waals surface area (Å²) in [6.07, 6.45) is 0.889. The maximum absolute atomic E-state index is 12.4. The van der Waals surface area contributed by atoms with Crippen LogP contribution in [0.25, 0.3) is 0 Å². The number of carbonyl (C=O) groups is 1. The van der Waals surface area contributed by atoms with Gasteiger partial charge in [0.25, 0.3) is 5.91 Å². The lowest BCUT2D eigenvalue weighted by atomic mass is 9.96. The molecule has 4 N–H and O–H groups in total. The van der Waals surface area contributed by atoms with Crippen LogP contribution in [-0.4, -0.2) is 36.1 Å². The Hall–Kier alpha value is -2.86. The molecule has 0 fully saturated rings. The van der Waals surface area contributed by atoms with Crippen molar-refractivity contribution >= 4 is 11.9 Å². The fourth-order valence-electron chi connectivity index (χ4n) is 2.89. The number of aliphatic imine (C=N–C) groups is 1. The first-order chi connectivity index (χ1) is 14.4. The van der Waals surface area contributed by atoms with E-state index in [4.69, 9.17) is 0 Å². The van der Waals surface area contributed by atoms with E-state index in [1.807, 2.05) is 75.4 Å². The fraction of sp³-hybridized carbons (Fsp3) is 0.417. The Bertz CT molecular complexity index is 834. The van der Waals surface area contributed by atoms with Gasteiger partial charge in [0.1, 0.15) is 5.60 Å². The van der Waals surface area contributed by atoms with Crippen molar-refractivity contribution in [3.05, 3.63) is 71.3 Å². The van der Waals surface area contributed by atoms with Gasteiger partial charge in [-0.05, 0) is 50.5 Å². The van der Waals surface area contributed by atoms with Crippen molar-refractivity contribution in [1.29, 1.82) is 0 Å². The number of hydrogen-bond donors (Lipinski definition) is 4. The van der Waals surface area contributed by atoms with E-state index in [0.717, 1.165) is 17.5 Å². The summed E-state index contributed by atoms with van der Waals surface area (Å²) < 4.78 is 0. The molecule has 0 saturated carbocycles. The number of hydrogen-bond acceptors (Lipinski definition) is 3. The Labute approximate surface area is 179 Å². The molecule has 0 bridgehead atoms. The summed E-state index contributed by atoms with van der Waals surface area (Å²) in [5, 5.41) is 20.2. The molecular formula is C24H34N4O2. The van der Waals surface area contributed by atoms with Crippen molar-refractivity contribution in [2.45, 2.75) is 52.3 Å². The highest BCUT2D eigenvalue weighted by Gasteiger charge is 2.22. The van der Waals surface area contributed by atoms with Gasteiger partial charge in [-0.15, -0.1) is 0 Å². The second-order valence-corrected chi connectivity index (χ2v) is 7.67. The molecule has 30 heavy (non-hydrogen) atoms. The fourth-order valence-corrected chi connectivity index (χ4v) is 2.89. The molecule has 2 aromatic carbocycles. The summed E-state index contributed by atoms with van der Waals surface area (Å²) in [6, 6.07) is 17.2. The van der Waals surface area contributed by atoms with Crippen molar-refractivity contribution in [1.82, 2.24) is 16.0 Å². The summed E-state index contributed by atoms with van der Waals surface area (Å²) in [4.78, 5) is 17.0. The molecule has 0 aliphatic rings. The maximum Gasteiger partial charge on any atom is 0.251 e. The lowest BCUT2D eigenvalue weighted by molar-refractivity contribution is 0.0617. The molecule has 162 valence electrons. The molecule has 0 aromatic heterocycles. The molecule has 1 amide bonds. The Morgan fingerprint density at radius 2 is 1.83 bits per heavy atom. The van der Waals surface area contributed by atoms with Crippen LogP contribution >= 0.6 is 0 Å². The van der Waals surface area contributed by atoms with E-state index in [0.29, 0.717) is 31.2 Å². The second-order valence-electron chi connectivity index (χ2n) is 7.67. The average Bonchev–Trinajstić information content (AvgIpc) is 2.76. The molecule has 2 aromatic rings. The molecule has 2 atom stereocenters. The molecule has 0 heterocycles. The van der Waals surface area contributed by atoms with E-state index in [-0.39, 0.29) is 11.9 Å². The Morgan fingerprint density at radius 1 is 1.10 bits per heavy atom. The van der Waals surface area contributed by atoms with E-state index in [1.165, 1.54) is 0 Å². The van der Waals surface area contributed by atoms with E-state index in [1.54, 1.807) is 6.92 Å². The molecule has 6 heteroatoms. The minimum absolute atomic E-state index is 0.0703. The lowest BCUT2D eigenvalue weighted by Gasteiger charge is -2.25. The third kappa shape index (κ3) is 7.19. The van der Waals surface area contributed by atoms with Crippen molar-refractivity contribution in [3.63, 3.8) is 0 Å². The van der Waals surface area contributed by atoms with Gasteiger partial charge >= 0.3 is 0 Å². The first-order valence-electron chi connectivity index (χ1n) is 10.6. The van der Waals surface area contributed by atoms with E-state index >= 15 is 0 Å². The predicted octanol–water partition coefficient (Wildman–Crippen LogP) is 3.18. The number of carbonyl (C=O) groups excluding carboxylic acids is 1. The van der Waals surface area contributed by atoms with Crippen LogP contribution in [0.1, 0.15) is 55.6 Å². The third-order valence-electron chi connectivity index (χ3n) is 4.94. The number of rotatable bonds is 9. The molecule has 6 nitrogen and oxygen atoms in total. The van der Waals surface area contributed by atoms with E-state index in [9.17, 15) is 9.90 Å². The van der Waals surface area contributed by atoms with Crippen molar-refractivity contribution in [2.75, 3.05) is 13.1 Å². The van der Waals surface area contributed by atoms with E-state index < -0.39 is 5.60 Å². The number of amides is 1. The molecule has 0 aliphatic heterocycles. The van der Waals surface area contributed by atoms with Gasteiger partial charge in [0.15, 0.2) is 5.96 Å². The largest absolute Gasteiger partial charge is 0.384 e. The topological polar surface area (TPSA) is 85.8 Å². The minimum atomic E-state index is -1.02. The normalized spacial score (nSPS) is 14.5. The number of guanidine groups is 1. The quantitative estimate of drug-likeness (QED) is 0.378. The van der Waals surface area contributed by atoms with Gasteiger partial charge in [0, 0.05) is 18.2 Å². The first-order valence-corrected chi connectivity index (χ1v) is 10.6. The second kappa shape index (κ2) is 11.4. The predicted molar refractivity (Wildman–Crippen MR) is 122 cm³/mol. The van der Waals surface area contributed by atoms with Crippen LogP contribution in [0.5, 0.6) is 0 Å². The van der Waals surface area contributed by atoms with Crippen molar-refractivity contribution in [2.24, 2.45) is 4.99 Å². The molecule has 2 rings (SSSR count). The van der Waals surface area contributed by atoms with Crippen molar-refractivity contribution in [3.8, 4) is 0 Å². The van der Waals surface area contributed by atoms with Gasteiger partial charge in [0.05, 0.1) is 13.1 Å².